The van der Waals surface area contributed by atoms with Crippen LogP contribution < -0.4 is 10.1 Å². The van der Waals surface area contributed by atoms with Crippen LogP contribution in [0.25, 0.3) is 0 Å². The average Bonchev–Trinajstić information content (AvgIpc) is 2.76. The lowest BCUT2D eigenvalue weighted by atomic mass is 10.1. The van der Waals surface area contributed by atoms with Crippen molar-refractivity contribution < 1.29 is 14.3 Å². The van der Waals surface area contributed by atoms with Crippen molar-refractivity contribution in [1.29, 1.82) is 0 Å². The molecule has 0 unspecified atom stereocenters. The predicted molar refractivity (Wildman–Crippen MR) is 121 cm³/mol. The van der Waals surface area contributed by atoms with Gasteiger partial charge in [-0.15, -0.1) is 0 Å². The molecule has 2 aromatic rings. The van der Waals surface area contributed by atoms with E-state index < -0.39 is 6.04 Å². The van der Waals surface area contributed by atoms with Gasteiger partial charge in [0.25, 0.3) is 0 Å². The van der Waals surface area contributed by atoms with E-state index in [9.17, 15) is 9.59 Å². The number of hydrogen-bond donors (Lipinski definition) is 1. The molecule has 6 heteroatoms. The number of carbonyl (C=O) groups is 2. The summed E-state index contributed by atoms with van der Waals surface area (Å²) in [5.74, 6) is 0.601. The third-order valence-electron chi connectivity index (χ3n) is 4.84. The largest absolute Gasteiger partial charge is 0.494 e. The smallest absolute Gasteiger partial charge is 0.242 e. The normalized spacial score (nSPS) is 11.6. The first-order valence-corrected chi connectivity index (χ1v) is 10.9. The number of halogens is 1. The van der Waals surface area contributed by atoms with Gasteiger partial charge < -0.3 is 15.0 Å². The topological polar surface area (TPSA) is 58.6 Å². The van der Waals surface area contributed by atoms with Gasteiger partial charge in [-0.1, -0.05) is 48.9 Å². The second-order valence-electron chi connectivity index (χ2n) is 7.05. The summed E-state index contributed by atoms with van der Waals surface area (Å²) in [6.07, 6.45) is 2.20. The number of ether oxygens (including phenoxy) is 1. The molecule has 30 heavy (non-hydrogen) atoms. The van der Waals surface area contributed by atoms with Gasteiger partial charge in [0.2, 0.25) is 11.8 Å². The highest BCUT2D eigenvalue weighted by Gasteiger charge is 2.27. The monoisotopic (exact) mass is 430 g/mol. The highest BCUT2D eigenvalue weighted by atomic mass is 35.5. The zero-order valence-electron chi connectivity index (χ0n) is 17.8. The molecule has 0 saturated heterocycles. The Kier molecular flexibility index (Phi) is 10.2. The van der Waals surface area contributed by atoms with Crippen molar-refractivity contribution in [2.75, 3.05) is 19.7 Å². The van der Waals surface area contributed by atoms with E-state index in [0.29, 0.717) is 50.4 Å². The summed E-state index contributed by atoms with van der Waals surface area (Å²) in [5.41, 5.74) is 1.15. The van der Waals surface area contributed by atoms with E-state index >= 15 is 0 Å². The lowest BCUT2D eigenvalue weighted by molar-refractivity contribution is -0.140. The van der Waals surface area contributed by atoms with Crippen molar-refractivity contribution in [2.45, 2.75) is 45.6 Å². The number of rotatable bonds is 12. The minimum atomic E-state index is -0.460. The first-order chi connectivity index (χ1) is 14.5. The molecule has 2 amide bonds. The van der Waals surface area contributed by atoms with E-state index in [4.69, 9.17) is 16.3 Å². The van der Waals surface area contributed by atoms with Crippen LogP contribution in [-0.2, 0) is 16.0 Å². The van der Waals surface area contributed by atoms with Crippen molar-refractivity contribution >= 4 is 23.4 Å². The van der Waals surface area contributed by atoms with Crippen molar-refractivity contribution in [3.8, 4) is 5.75 Å². The molecule has 1 atom stereocenters. The molecule has 0 radical (unpaired) electrons. The number of hydrogen-bond acceptors (Lipinski definition) is 3. The van der Waals surface area contributed by atoms with Crippen LogP contribution in [0.5, 0.6) is 5.75 Å². The molecule has 0 fully saturated rings. The lowest BCUT2D eigenvalue weighted by Crippen LogP contribution is -2.50. The zero-order chi connectivity index (χ0) is 21.8. The van der Waals surface area contributed by atoms with Crippen LogP contribution in [0.2, 0.25) is 5.02 Å². The molecule has 0 spiro atoms. The Morgan fingerprint density at radius 1 is 1.07 bits per heavy atom. The SMILES string of the molecule is CCNC(=O)[C@H](CC)N(CCc1ccccc1)C(=O)CCCOc1ccc(Cl)cc1. The van der Waals surface area contributed by atoms with Crippen LogP contribution in [-0.4, -0.2) is 42.5 Å². The van der Waals surface area contributed by atoms with Crippen LogP contribution in [0.4, 0.5) is 0 Å². The molecule has 0 heterocycles. The van der Waals surface area contributed by atoms with Gasteiger partial charge in [-0.05, 0) is 56.0 Å². The number of nitrogens with zero attached hydrogens (tertiary/aromatic N) is 1. The van der Waals surface area contributed by atoms with Crippen LogP contribution in [0, 0.1) is 0 Å². The lowest BCUT2D eigenvalue weighted by Gasteiger charge is -2.30. The van der Waals surface area contributed by atoms with Gasteiger partial charge in [-0.25, -0.2) is 0 Å². The fraction of sp³-hybridized carbons (Fsp3) is 0.417. The average molecular weight is 431 g/mol. The Bertz CT molecular complexity index is 781. The summed E-state index contributed by atoms with van der Waals surface area (Å²) < 4.78 is 5.68. The summed E-state index contributed by atoms with van der Waals surface area (Å²) in [6, 6.07) is 16.7. The van der Waals surface area contributed by atoms with E-state index in [1.165, 1.54) is 0 Å². The van der Waals surface area contributed by atoms with Crippen LogP contribution in [0.3, 0.4) is 0 Å². The Morgan fingerprint density at radius 3 is 2.40 bits per heavy atom. The molecule has 0 aliphatic carbocycles. The molecule has 5 nitrogen and oxygen atoms in total. The number of carbonyl (C=O) groups excluding carboxylic acids is 2. The Morgan fingerprint density at radius 2 is 1.77 bits per heavy atom. The fourth-order valence-electron chi connectivity index (χ4n) is 3.28. The summed E-state index contributed by atoms with van der Waals surface area (Å²) in [6.45, 7) is 5.31. The second-order valence-corrected chi connectivity index (χ2v) is 7.48. The molecule has 0 saturated carbocycles. The second kappa shape index (κ2) is 12.9. The highest BCUT2D eigenvalue weighted by molar-refractivity contribution is 6.30. The van der Waals surface area contributed by atoms with Gasteiger partial charge >= 0.3 is 0 Å². The standard InChI is InChI=1S/C24H31ClN2O3/c1-3-22(24(29)26-4-2)27(17-16-19-9-6-5-7-10-19)23(28)11-8-18-30-21-14-12-20(25)13-15-21/h5-7,9-10,12-15,22H,3-4,8,11,16-18H2,1-2H3,(H,26,29)/t22-/m0/s1. The number of amides is 2. The molecule has 0 aromatic heterocycles. The summed E-state index contributed by atoms with van der Waals surface area (Å²) in [5, 5.41) is 3.51. The van der Waals surface area contributed by atoms with Crippen molar-refractivity contribution in [1.82, 2.24) is 10.2 Å². The van der Waals surface area contributed by atoms with Gasteiger partial charge in [-0.2, -0.15) is 0 Å². The third kappa shape index (κ3) is 7.71. The number of likely N-dealkylation sites (N-methyl/N-ethyl adjacent to an activating group) is 1. The molecule has 2 rings (SSSR count). The van der Waals surface area contributed by atoms with Gasteiger partial charge in [0.1, 0.15) is 11.8 Å². The summed E-state index contributed by atoms with van der Waals surface area (Å²) in [7, 11) is 0. The van der Waals surface area contributed by atoms with Crippen LogP contribution >= 0.6 is 11.6 Å². The van der Waals surface area contributed by atoms with Crippen molar-refractivity contribution in [3.05, 3.63) is 65.2 Å². The van der Waals surface area contributed by atoms with Gasteiger partial charge in [0, 0.05) is 24.5 Å². The fourth-order valence-corrected chi connectivity index (χ4v) is 3.40. The first kappa shape index (κ1) is 23.7. The molecular formula is C24H31ClN2O3. The van der Waals surface area contributed by atoms with E-state index in [1.54, 1.807) is 29.2 Å². The van der Waals surface area contributed by atoms with Crippen LogP contribution in [0.15, 0.2) is 54.6 Å². The number of benzene rings is 2. The molecule has 1 N–H and O–H groups in total. The van der Waals surface area contributed by atoms with Gasteiger partial charge in [0.05, 0.1) is 6.61 Å². The van der Waals surface area contributed by atoms with Crippen LogP contribution in [0.1, 0.15) is 38.7 Å². The first-order valence-electron chi connectivity index (χ1n) is 10.5. The molecule has 0 bridgehead atoms. The summed E-state index contributed by atoms with van der Waals surface area (Å²) >= 11 is 5.88. The Labute approximate surface area is 184 Å². The van der Waals surface area contributed by atoms with E-state index in [1.807, 2.05) is 44.2 Å². The van der Waals surface area contributed by atoms with Gasteiger partial charge in [0.15, 0.2) is 0 Å². The van der Waals surface area contributed by atoms with Crippen molar-refractivity contribution in [2.24, 2.45) is 0 Å². The summed E-state index contributed by atoms with van der Waals surface area (Å²) in [4.78, 5) is 27.3. The molecule has 0 aliphatic rings. The number of nitrogens with one attached hydrogen (secondary N) is 1. The molecule has 2 aromatic carbocycles. The van der Waals surface area contributed by atoms with E-state index in [2.05, 4.69) is 5.32 Å². The molecule has 0 aliphatic heterocycles. The van der Waals surface area contributed by atoms with Crippen molar-refractivity contribution in [3.63, 3.8) is 0 Å². The highest BCUT2D eigenvalue weighted by Crippen LogP contribution is 2.16. The van der Waals surface area contributed by atoms with Gasteiger partial charge in [-0.3, -0.25) is 9.59 Å². The predicted octanol–water partition coefficient (Wildman–Crippen LogP) is 4.49. The quantitative estimate of drug-likeness (QED) is 0.505. The Balaban J connectivity index is 1.95. The third-order valence-corrected chi connectivity index (χ3v) is 5.09. The maximum absolute atomic E-state index is 13.0. The van der Waals surface area contributed by atoms with E-state index in [-0.39, 0.29) is 11.8 Å². The maximum Gasteiger partial charge on any atom is 0.242 e. The van der Waals surface area contributed by atoms with E-state index in [0.717, 1.165) is 11.3 Å². The Hall–Kier alpha value is -2.53. The molecular weight excluding hydrogens is 400 g/mol. The zero-order valence-corrected chi connectivity index (χ0v) is 18.5. The molecule has 162 valence electrons. The minimum Gasteiger partial charge on any atom is -0.494 e. The maximum atomic E-state index is 13.0. The minimum absolute atomic E-state index is 0.0243.